The van der Waals surface area contributed by atoms with E-state index in [-0.39, 0.29) is 0 Å². The average Bonchev–Trinajstić information content (AvgIpc) is 2.67. The molecule has 7 heteroatoms. The standard InChI is InChI=1S/C19H23N3O3S/c1-3-23-18-13-15(14-21-22-19(26)20-2)9-10-17(18)25-12-11-24-16-7-5-4-6-8-16/h4-10,13-14H,3,11-12H2,1-2H3,(H2,20,22,26)/b21-14-. The molecule has 0 saturated heterocycles. The third-order valence-corrected chi connectivity index (χ3v) is 3.52. The molecular weight excluding hydrogens is 350 g/mol. The van der Waals surface area contributed by atoms with Gasteiger partial charge in [-0.15, -0.1) is 0 Å². The van der Waals surface area contributed by atoms with E-state index in [0.717, 1.165) is 11.3 Å². The van der Waals surface area contributed by atoms with Crippen LogP contribution < -0.4 is 25.0 Å². The Labute approximate surface area is 159 Å². The molecule has 0 amide bonds. The summed E-state index contributed by atoms with van der Waals surface area (Å²) < 4.78 is 17.1. The summed E-state index contributed by atoms with van der Waals surface area (Å²) in [6.45, 7) is 3.33. The molecule has 0 aromatic heterocycles. The number of ether oxygens (including phenoxy) is 3. The Balaban J connectivity index is 1.91. The van der Waals surface area contributed by atoms with Gasteiger partial charge >= 0.3 is 0 Å². The van der Waals surface area contributed by atoms with Gasteiger partial charge in [-0.05, 0) is 55.0 Å². The number of nitrogens with one attached hydrogen (secondary N) is 2. The van der Waals surface area contributed by atoms with E-state index in [0.29, 0.717) is 36.4 Å². The average molecular weight is 373 g/mol. The van der Waals surface area contributed by atoms with Crippen LogP contribution in [0.1, 0.15) is 12.5 Å². The zero-order valence-electron chi connectivity index (χ0n) is 14.9. The molecule has 2 aromatic carbocycles. The van der Waals surface area contributed by atoms with Crippen molar-refractivity contribution in [1.29, 1.82) is 0 Å². The van der Waals surface area contributed by atoms with E-state index in [1.807, 2.05) is 55.5 Å². The molecular formula is C19H23N3O3S. The second kappa shape index (κ2) is 10.9. The van der Waals surface area contributed by atoms with Crippen LogP contribution in [-0.4, -0.2) is 38.2 Å². The minimum Gasteiger partial charge on any atom is -0.490 e. The molecule has 0 heterocycles. The molecule has 138 valence electrons. The summed E-state index contributed by atoms with van der Waals surface area (Å²) in [6.07, 6.45) is 1.66. The molecule has 0 unspecified atom stereocenters. The normalized spacial score (nSPS) is 10.4. The highest BCUT2D eigenvalue weighted by molar-refractivity contribution is 7.80. The van der Waals surface area contributed by atoms with Crippen molar-refractivity contribution in [1.82, 2.24) is 10.7 Å². The van der Waals surface area contributed by atoms with Gasteiger partial charge in [0.15, 0.2) is 16.6 Å². The molecule has 0 bridgehead atoms. The maximum absolute atomic E-state index is 5.79. The Hall–Kier alpha value is -2.80. The van der Waals surface area contributed by atoms with Crippen LogP contribution in [0.15, 0.2) is 53.6 Å². The first-order chi connectivity index (χ1) is 12.7. The predicted octanol–water partition coefficient (Wildman–Crippen LogP) is 2.97. The van der Waals surface area contributed by atoms with Crippen LogP contribution >= 0.6 is 12.2 Å². The molecule has 2 aromatic rings. The fourth-order valence-electron chi connectivity index (χ4n) is 2.04. The molecule has 0 atom stereocenters. The largest absolute Gasteiger partial charge is 0.490 e. The van der Waals surface area contributed by atoms with Gasteiger partial charge in [-0.3, -0.25) is 5.43 Å². The molecule has 26 heavy (non-hydrogen) atoms. The summed E-state index contributed by atoms with van der Waals surface area (Å²) in [5.41, 5.74) is 3.57. The molecule has 0 aliphatic heterocycles. The summed E-state index contributed by atoms with van der Waals surface area (Å²) in [7, 11) is 1.73. The third kappa shape index (κ3) is 6.60. The van der Waals surface area contributed by atoms with E-state index in [1.54, 1.807) is 13.3 Å². The molecule has 2 rings (SSSR count). The minimum absolute atomic E-state index is 0.417. The highest BCUT2D eigenvalue weighted by Gasteiger charge is 2.06. The lowest BCUT2D eigenvalue weighted by molar-refractivity contribution is 0.208. The lowest BCUT2D eigenvalue weighted by Gasteiger charge is -2.13. The lowest BCUT2D eigenvalue weighted by atomic mass is 10.2. The van der Waals surface area contributed by atoms with Gasteiger partial charge < -0.3 is 19.5 Å². The maximum Gasteiger partial charge on any atom is 0.186 e. The summed E-state index contributed by atoms with van der Waals surface area (Å²) in [6, 6.07) is 15.2. The SMILES string of the molecule is CCOc1cc(/C=N\NC(=S)NC)ccc1OCCOc1ccccc1. The monoisotopic (exact) mass is 373 g/mol. The van der Waals surface area contributed by atoms with Gasteiger partial charge in [-0.2, -0.15) is 5.10 Å². The summed E-state index contributed by atoms with van der Waals surface area (Å²) >= 11 is 4.96. The first kappa shape index (κ1) is 19.5. The maximum atomic E-state index is 5.79. The number of thiocarbonyl (C=S) groups is 1. The van der Waals surface area contributed by atoms with E-state index in [2.05, 4.69) is 15.8 Å². The number of nitrogens with zero attached hydrogens (tertiary/aromatic N) is 1. The molecule has 0 spiro atoms. The van der Waals surface area contributed by atoms with Crippen molar-refractivity contribution in [2.75, 3.05) is 26.9 Å². The molecule has 0 aliphatic rings. The summed E-state index contributed by atoms with van der Waals surface area (Å²) in [5.74, 6) is 2.14. The molecule has 0 saturated carbocycles. The molecule has 2 N–H and O–H groups in total. The van der Waals surface area contributed by atoms with Crippen LogP contribution in [0.5, 0.6) is 17.2 Å². The smallest absolute Gasteiger partial charge is 0.186 e. The zero-order valence-corrected chi connectivity index (χ0v) is 15.7. The first-order valence-electron chi connectivity index (χ1n) is 8.31. The Bertz CT molecular complexity index is 723. The topological polar surface area (TPSA) is 64.1 Å². The summed E-state index contributed by atoms with van der Waals surface area (Å²) in [5, 5.41) is 7.29. The van der Waals surface area contributed by atoms with Crippen molar-refractivity contribution in [3.8, 4) is 17.2 Å². The number of para-hydroxylation sites is 1. The molecule has 6 nitrogen and oxygen atoms in total. The van der Waals surface area contributed by atoms with E-state index in [1.165, 1.54) is 0 Å². The van der Waals surface area contributed by atoms with Crippen molar-refractivity contribution < 1.29 is 14.2 Å². The van der Waals surface area contributed by atoms with Gasteiger partial charge in [-0.25, -0.2) is 0 Å². The van der Waals surface area contributed by atoms with Crippen LogP contribution in [-0.2, 0) is 0 Å². The van der Waals surface area contributed by atoms with E-state index in [4.69, 9.17) is 26.4 Å². The highest BCUT2D eigenvalue weighted by atomic mass is 32.1. The fourth-order valence-corrected chi connectivity index (χ4v) is 2.09. The zero-order chi connectivity index (χ0) is 18.6. The second-order valence-corrected chi connectivity index (χ2v) is 5.51. The van der Waals surface area contributed by atoms with E-state index >= 15 is 0 Å². The van der Waals surface area contributed by atoms with Crippen molar-refractivity contribution in [2.24, 2.45) is 5.10 Å². The number of benzene rings is 2. The number of hydrazone groups is 1. The van der Waals surface area contributed by atoms with Crippen LogP contribution in [0.2, 0.25) is 0 Å². The summed E-state index contributed by atoms with van der Waals surface area (Å²) in [4.78, 5) is 0. The van der Waals surface area contributed by atoms with Crippen LogP contribution in [0.3, 0.4) is 0 Å². The van der Waals surface area contributed by atoms with Gasteiger partial charge in [0, 0.05) is 7.05 Å². The van der Waals surface area contributed by atoms with Crippen molar-refractivity contribution in [2.45, 2.75) is 6.92 Å². The van der Waals surface area contributed by atoms with Crippen molar-refractivity contribution in [3.63, 3.8) is 0 Å². The van der Waals surface area contributed by atoms with Crippen LogP contribution in [0.4, 0.5) is 0 Å². The first-order valence-corrected chi connectivity index (χ1v) is 8.72. The fraction of sp³-hybridized carbons (Fsp3) is 0.263. The van der Waals surface area contributed by atoms with Gasteiger partial charge in [0.25, 0.3) is 0 Å². The Kier molecular flexibility index (Phi) is 8.21. The number of rotatable bonds is 9. The Morgan fingerprint density at radius 3 is 2.54 bits per heavy atom. The third-order valence-electron chi connectivity index (χ3n) is 3.23. The second-order valence-electron chi connectivity index (χ2n) is 5.10. The van der Waals surface area contributed by atoms with E-state index < -0.39 is 0 Å². The molecule has 0 radical (unpaired) electrons. The van der Waals surface area contributed by atoms with Crippen molar-refractivity contribution >= 4 is 23.5 Å². The van der Waals surface area contributed by atoms with Gasteiger partial charge in [0.05, 0.1) is 12.8 Å². The Morgan fingerprint density at radius 1 is 1.04 bits per heavy atom. The number of hydrogen-bond acceptors (Lipinski definition) is 5. The van der Waals surface area contributed by atoms with E-state index in [9.17, 15) is 0 Å². The van der Waals surface area contributed by atoms with Crippen LogP contribution in [0.25, 0.3) is 0 Å². The van der Waals surface area contributed by atoms with Crippen LogP contribution in [0, 0.1) is 0 Å². The van der Waals surface area contributed by atoms with Gasteiger partial charge in [-0.1, -0.05) is 18.2 Å². The van der Waals surface area contributed by atoms with Gasteiger partial charge in [0.1, 0.15) is 19.0 Å². The number of hydrogen-bond donors (Lipinski definition) is 2. The van der Waals surface area contributed by atoms with Crippen molar-refractivity contribution in [3.05, 3.63) is 54.1 Å². The lowest BCUT2D eigenvalue weighted by Crippen LogP contribution is -2.28. The predicted molar refractivity (Wildman–Crippen MR) is 107 cm³/mol. The Morgan fingerprint density at radius 2 is 1.81 bits per heavy atom. The van der Waals surface area contributed by atoms with Gasteiger partial charge in [0.2, 0.25) is 0 Å². The molecule has 0 aliphatic carbocycles. The minimum atomic E-state index is 0.417. The highest BCUT2D eigenvalue weighted by Crippen LogP contribution is 2.28. The quantitative estimate of drug-likeness (QED) is 0.305. The molecule has 0 fully saturated rings.